The first-order chi connectivity index (χ1) is 18.5. The summed E-state index contributed by atoms with van der Waals surface area (Å²) in [5.41, 5.74) is 6.56. The molecule has 38 heavy (non-hydrogen) atoms. The quantitative estimate of drug-likeness (QED) is 0.211. The van der Waals surface area contributed by atoms with E-state index in [1.165, 1.54) is 6.07 Å². The lowest BCUT2D eigenvalue weighted by molar-refractivity contribution is 0.112. The zero-order valence-electron chi connectivity index (χ0n) is 21.1. The minimum Gasteiger partial charge on any atom is -0.473 e. The van der Waals surface area contributed by atoms with Crippen molar-refractivity contribution in [3.05, 3.63) is 88.1 Å². The topological polar surface area (TPSA) is 81.5 Å². The molecule has 0 unspecified atom stereocenters. The van der Waals surface area contributed by atoms with Gasteiger partial charge in [0, 0.05) is 33.8 Å². The van der Waals surface area contributed by atoms with Crippen molar-refractivity contribution < 1.29 is 18.8 Å². The van der Waals surface area contributed by atoms with E-state index < -0.39 is 5.82 Å². The van der Waals surface area contributed by atoms with Crippen molar-refractivity contribution in [3.8, 4) is 5.88 Å². The van der Waals surface area contributed by atoms with Crippen LogP contribution in [0.1, 0.15) is 53.1 Å². The van der Waals surface area contributed by atoms with Crippen molar-refractivity contribution >= 4 is 28.9 Å². The fourth-order valence-electron chi connectivity index (χ4n) is 4.67. The van der Waals surface area contributed by atoms with Gasteiger partial charge in [0.25, 0.3) is 0 Å². The van der Waals surface area contributed by atoms with Gasteiger partial charge in [0.05, 0.1) is 24.2 Å². The standard InChI is InChI=1S/C28H29ClFN5O3/c1-2-38-33-35-26-9-6-19(17-36)14-25(26)31-27(35)16-34-12-10-20(11-13-34)24-4-3-5-28(32-24)37-18-21-7-8-22(29)15-23(21)30/h3-9,14-15,17,20,33H,2,10-13,16,18H2,1H3. The van der Waals surface area contributed by atoms with E-state index in [0.29, 0.717) is 41.1 Å². The first-order valence-electron chi connectivity index (χ1n) is 12.6. The van der Waals surface area contributed by atoms with Crippen LogP contribution < -0.4 is 10.3 Å². The van der Waals surface area contributed by atoms with E-state index in [1.807, 2.05) is 29.8 Å². The molecule has 0 aliphatic carbocycles. The Morgan fingerprint density at radius 1 is 1.13 bits per heavy atom. The van der Waals surface area contributed by atoms with E-state index in [-0.39, 0.29) is 6.61 Å². The SMILES string of the molecule is CCONn1c(CN2CCC(c3cccc(OCc4ccc(Cl)cc4F)n3)CC2)nc2cc(C=O)ccc21. The Labute approximate surface area is 225 Å². The molecule has 10 heteroatoms. The summed E-state index contributed by atoms with van der Waals surface area (Å²) in [6, 6.07) is 15.7. The molecule has 1 aliphatic heterocycles. The number of rotatable bonds is 10. The summed E-state index contributed by atoms with van der Waals surface area (Å²) < 4.78 is 21.7. The van der Waals surface area contributed by atoms with Crippen LogP contribution in [0.4, 0.5) is 4.39 Å². The van der Waals surface area contributed by atoms with Crippen LogP contribution in [-0.2, 0) is 18.0 Å². The highest BCUT2D eigenvalue weighted by Crippen LogP contribution is 2.29. The Kier molecular flexibility index (Phi) is 8.17. The molecular weight excluding hydrogens is 509 g/mol. The fraction of sp³-hybridized carbons (Fsp3) is 0.321. The summed E-state index contributed by atoms with van der Waals surface area (Å²) in [5.74, 6) is 1.20. The number of benzene rings is 2. The maximum absolute atomic E-state index is 14.1. The normalized spacial score (nSPS) is 14.6. The van der Waals surface area contributed by atoms with Gasteiger partial charge in [0.2, 0.25) is 5.88 Å². The fourth-order valence-corrected chi connectivity index (χ4v) is 4.83. The first kappa shape index (κ1) is 26.1. The number of fused-ring (bicyclic) bond motifs is 1. The number of ether oxygens (including phenoxy) is 1. The van der Waals surface area contributed by atoms with E-state index in [0.717, 1.165) is 54.8 Å². The Balaban J connectivity index is 1.22. The minimum absolute atomic E-state index is 0.0863. The number of halogens is 2. The summed E-state index contributed by atoms with van der Waals surface area (Å²) in [7, 11) is 0. The van der Waals surface area contributed by atoms with Gasteiger partial charge in [-0.2, -0.15) is 0 Å². The highest BCUT2D eigenvalue weighted by atomic mass is 35.5. The third kappa shape index (κ3) is 5.96. The number of hydrogen-bond donors (Lipinski definition) is 1. The molecule has 8 nitrogen and oxygen atoms in total. The van der Waals surface area contributed by atoms with Gasteiger partial charge >= 0.3 is 0 Å². The van der Waals surface area contributed by atoms with Gasteiger partial charge in [0.1, 0.15) is 24.5 Å². The van der Waals surface area contributed by atoms with Crippen LogP contribution in [0.3, 0.4) is 0 Å². The average Bonchev–Trinajstić information content (AvgIpc) is 3.27. The lowest BCUT2D eigenvalue weighted by Crippen LogP contribution is -2.34. The lowest BCUT2D eigenvalue weighted by Gasteiger charge is -2.31. The van der Waals surface area contributed by atoms with Crippen molar-refractivity contribution in [3.63, 3.8) is 0 Å². The summed E-state index contributed by atoms with van der Waals surface area (Å²) in [6.07, 6.45) is 2.70. The summed E-state index contributed by atoms with van der Waals surface area (Å²) in [5, 5.41) is 0.354. The smallest absolute Gasteiger partial charge is 0.213 e. The van der Waals surface area contributed by atoms with Gasteiger partial charge < -0.3 is 4.74 Å². The van der Waals surface area contributed by atoms with Crippen LogP contribution in [0.5, 0.6) is 5.88 Å². The molecule has 1 N–H and O–H groups in total. The average molecular weight is 538 g/mol. The van der Waals surface area contributed by atoms with Gasteiger partial charge in [0.15, 0.2) is 0 Å². The van der Waals surface area contributed by atoms with Crippen molar-refractivity contribution in [1.29, 1.82) is 0 Å². The van der Waals surface area contributed by atoms with Crippen molar-refractivity contribution in [2.75, 3.05) is 25.3 Å². The number of nitrogens with one attached hydrogen (secondary N) is 1. The molecule has 0 radical (unpaired) electrons. The number of nitrogens with zero attached hydrogens (tertiary/aromatic N) is 4. The number of aromatic nitrogens is 3. The molecule has 1 fully saturated rings. The molecular formula is C28H29ClFN5O3. The first-order valence-corrected chi connectivity index (χ1v) is 13.0. The second kappa shape index (κ2) is 11.9. The summed E-state index contributed by atoms with van der Waals surface area (Å²) >= 11 is 5.83. The van der Waals surface area contributed by atoms with Crippen LogP contribution >= 0.6 is 11.6 Å². The van der Waals surface area contributed by atoms with Gasteiger partial charge in [-0.25, -0.2) is 24.6 Å². The van der Waals surface area contributed by atoms with Gasteiger partial charge in [-0.15, -0.1) is 0 Å². The third-order valence-corrected chi connectivity index (χ3v) is 6.93. The molecule has 1 saturated heterocycles. The molecule has 1 aliphatic rings. The maximum atomic E-state index is 14.1. The Bertz CT molecular complexity index is 1420. The second-order valence-corrected chi connectivity index (χ2v) is 9.67. The molecule has 0 spiro atoms. The van der Waals surface area contributed by atoms with E-state index in [1.54, 1.807) is 30.3 Å². The number of imidazole rings is 1. The molecule has 0 bridgehead atoms. The maximum Gasteiger partial charge on any atom is 0.213 e. The molecule has 0 amide bonds. The van der Waals surface area contributed by atoms with Crippen LogP contribution in [0.15, 0.2) is 54.6 Å². The predicted octanol–water partition coefficient (Wildman–Crippen LogP) is 5.49. The van der Waals surface area contributed by atoms with Crippen LogP contribution in [0.25, 0.3) is 11.0 Å². The molecule has 3 heterocycles. The Hall–Kier alpha value is -3.53. The molecule has 198 valence electrons. The van der Waals surface area contributed by atoms with E-state index in [9.17, 15) is 9.18 Å². The van der Waals surface area contributed by atoms with Gasteiger partial charge in [-0.1, -0.05) is 23.7 Å². The number of hydrogen-bond acceptors (Lipinski definition) is 7. The van der Waals surface area contributed by atoms with Gasteiger partial charge in [-0.05, 0) is 69.3 Å². The minimum atomic E-state index is -0.393. The van der Waals surface area contributed by atoms with Crippen LogP contribution in [-0.4, -0.2) is 45.5 Å². The molecule has 0 atom stereocenters. The van der Waals surface area contributed by atoms with Crippen LogP contribution in [0.2, 0.25) is 5.02 Å². The largest absolute Gasteiger partial charge is 0.473 e. The lowest BCUT2D eigenvalue weighted by atomic mass is 9.93. The zero-order chi connectivity index (χ0) is 26.5. The van der Waals surface area contributed by atoms with Crippen LogP contribution in [0, 0.1) is 5.82 Å². The highest BCUT2D eigenvalue weighted by molar-refractivity contribution is 6.30. The predicted molar refractivity (Wildman–Crippen MR) is 143 cm³/mol. The molecule has 5 rings (SSSR count). The third-order valence-electron chi connectivity index (χ3n) is 6.69. The number of carbonyl (C=O) groups is 1. The number of pyridine rings is 1. The Morgan fingerprint density at radius 3 is 2.74 bits per heavy atom. The van der Waals surface area contributed by atoms with E-state index in [2.05, 4.69) is 10.5 Å². The summed E-state index contributed by atoms with van der Waals surface area (Å²) in [4.78, 5) is 28.5. The van der Waals surface area contributed by atoms with E-state index in [4.69, 9.17) is 31.1 Å². The molecule has 4 aromatic rings. The van der Waals surface area contributed by atoms with Crippen molar-refractivity contribution in [1.82, 2.24) is 19.5 Å². The number of likely N-dealkylation sites (tertiary alicyclic amines) is 1. The molecule has 2 aromatic heterocycles. The monoisotopic (exact) mass is 537 g/mol. The van der Waals surface area contributed by atoms with Gasteiger partial charge in [-0.3, -0.25) is 14.5 Å². The zero-order valence-corrected chi connectivity index (χ0v) is 21.8. The molecule has 0 saturated carbocycles. The number of aldehydes is 1. The van der Waals surface area contributed by atoms with E-state index >= 15 is 0 Å². The summed E-state index contributed by atoms with van der Waals surface area (Å²) in [6.45, 7) is 4.90. The molecule has 2 aromatic carbocycles. The second-order valence-electron chi connectivity index (χ2n) is 9.23. The number of piperidine rings is 1. The highest BCUT2D eigenvalue weighted by Gasteiger charge is 2.24. The Morgan fingerprint density at radius 2 is 1.97 bits per heavy atom. The van der Waals surface area contributed by atoms with Crippen molar-refractivity contribution in [2.24, 2.45) is 0 Å². The number of carbonyl (C=O) groups excluding carboxylic acids is 1. The van der Waals surface area contributed by atoms with Crippen molar-refractivity contribution in [2.45, 2.75) is 38.8 Å².